The Kier molecular flexibility index (Phi) is 1.63. The number of benzene rings is 1. The fraction of sp³-hybridized carbons (Fsp3) is 0.417. The van der Waals surface area contributed by atoms with Gasteiger partial charge >= 0.3 is 0 Å². The number of carbonyl (C=O) groups is 1. The molecule has 2 nitrogen and oxygen atoms in total. The first-order valence-corrected chi connectivity index (χ1v) is 5.12. The second-order valence-corrected chi connectivity index (χ2v) is 4.04. The predicted octanol–water partition coefficient (Wildman–Crippen LogP) is 1.68. The molecular formula is C12H12O2. The molecule has 72 valence electrons. The van der Waals surface area contributed by atoms with E-state index in [-0.39, 0.29) is 0 Å². The Bertz CT molecular complexity index is 407. The van der Waals surface area contributed by atoms with Gasteiger partial charge in [0, 0.05) is 19.3 Å². The maximum Gasteiger partial charge on any atom is 0.137 e. The van der Waals surface area contributed by atoms with Crippen molar-refractivity contribution in [3.63, 3.8) is 0 Å². The van der Waals surface area contributed by atoms with Crippen LogP contribution in [0.5, 0.6) is 5.75 Å². The third-order valence-corrected chi connectivity index (χ3v) is 3.07. The van der Waals surface area contributed by atoms with Crippen LogP contribution in [0.25, 0.3) is 0 Å². The number of rotatable bonds is 0. The Morgan fingerprint density at radius 3 is 2.86 bits per heavy atom. The smallest absolute Gasteiger partial charge is 0.137 e. The summed E-state index contributed by atoms with van der Waals surface area (Å²) in [6.07, 6.45) is 3.26. The van der Waals surface area contributed by atoms with Gasteiger partial charge in [0.15, 0.2) is 0 Å². The molecule has 0 unspecified atom stereocenters. The lowest BCUT2D eigenvalue weighted by Gasteiger charge is -2.15. The molecule has 0 aromatic heterocycles. The average molecular weight is 188 g/mol. The molecule has 0 amide bonds. The van der Waals surface area contributed by atoms with E-state index >= 15 is 0 Å². The van der Waals surface area contributed by atoms with Crippen molar-refractivity contribution in [1.82, 2.24) is 0 Å². The maximum atomic E-state index is 11.3. The van der Waals surface area contributed by atoms with Crippen LogP contribution in [0.3, 0.4) is 0 Å². The van der Waals surface area contributed by atoms with Crippen LogP contribution in [-0.2, 0) is 24.1 Å². The molecule has 2 aliphatic rings. The number of ether oxygens (including phenoxy) is 1. The molecule has 1 heterocycles. The first kappa shape index (κ1) is 8.04. The van der Waals surface area contributed by atoms with E-state index < -0.39 is 0 Å². The lowest BCUT2D eigenvalue weighted by Crippen LogP contribution is -2.13. The fourth-order valence-electron chi connectivity index (χ4n) is 2.29. The van der Waals surface area contributed by atoms with E-state index in [9.17, 15) is 4.79 Å². The van der Waals surface area contributed by atoms with Crippen LogP contribution < -0.4 is 4.74 Å². The predicted molar refractivity (Wildman–Crippen MR) is 52.7 cm³/mol. The van der Waals surface area contributed by atoms with E-state index in [4.69, 9.17) is 4.74 Å². The van der Waals surface area contributed by atoms with Crippen LogP contribution >= 0.6 is 0 Å². The topological polar surface area (TPSA) is 26.3 Å². The Labute approximate surface area is 82.9 Å². The summed E-state index contributed by atoms with van der Waals surface area (Å²) in [5.41, 5.74) is 3.86. The lowest BCUT2D eigenvalue weighted by molar-refractivity contribution is -0.118. The number of ketones is 1. The van der Waals surface area contributed by atoms with Crippen LogP contribution in [0, 0.1) is 0 Å². The maximum absolute atomic E-state index is 11.3. The molecule has 14 heavy (non-hydrogen) atoms. The lowest BCUT2D eigenvalue weighted by atomic mass is 9.89. The van der Waals surface area contributed by atoms with E-state index in [1.54, 1.807) is 0 Å². The Hall–Kier alpha value is -1.31. The van der Waals surface area contributed by atoms with Gasteiger partial charge in [-0.3, -0.25) is 4.79 Å². The fourth-order valence-corrected chi connectivity index (χ4v) is 2.29. The first-order chi connectivity index (χ1) is 6.83. The van der Waals surface area contributed by atoms with E-state index in [1.165, 1.54) is 16.7 Å². The zero-order valence-corrected chi connectivity index (χ0v) is 8.01. The van der Waals surface area contributed by atoms with Gasteiger partial charge in [0.25, 0.3) is 0 Å². The zero-order valence-electron chi connectivity index (χ0n) is 8.01. The largest absolute Gasteiger partial charge is 0.493 e. The van der Waals surface area contributed by atoms with Gasteiger partial charge in [0.1, 0.15) is 11.5 Å². The minimum atomic E-state index is 0.357. The van der Waals surface area contributed by atoms with Gasteiger partial charge in [0.2, 0.25) is 0 Å². The van der Waals surface area contributed by atoms with Crippen molar-refractivity contribution < 1.29 is 9.53 Å². The summed E-state index contributed by atoms with van der Waals surface area (Å²) in [6.45, 7) is 0.798. The Morgan fingerprint density at radius 2 is 1.93 bits per heavy atom. The minimum absolute atomic E-state index is 0.357. The summed E-state index contributed by atoms with van der Waals surface area (Å²) in [5.74, 6) is 1.36. The SMILES string of the molecule is O=C1CCc2cc3c(cc2C1)OCC3. The molecule has 0 fully saturated rings. The molecule has 0 saturated carbocycles. The number of carbonyl (C=O) groups excluding carboxylic acids is 1. The number of hydrogen-bond donors (Lipinski definition) is 0. The molecule has 0 saturated heterocycles. The summed E-state index contributed by atoms with van der Waals surface area (Å²) < 4.78 is 5.49. The summed E-state index contributed by atoms with van der Waals surface area (Å²) in [5, 5.41) is 0. The number of aryl methyl sites for hydroxylation is 1. The highest BCUT2D eigenvalue weighted by atomic mass is 16.5. The normalized spacial score (nSPS) is 18.7. The van der Waals surface area contributed by atoms with Gasteiger partial charge in [0.05, 0.1) is 6.61 Å². The van der Waals surface area contributed by atoms with Crippen molar-refractivity contribution in [2.24, 2.45) is 0 Å². The molecule has 1 aliphatic heterocycles. The van der Waals surface area contributed by atoms with Crippen molar-refractivity contribution >= 4 is 5.78 Å². The molecule has 0 atom stereocenters. The summed E-state index contributed by atoms with van der Waals surface area (Å²) in [7, 11) is 0. The summed E-state index contributed by atoms with van der Waals surface area (Å²) in [6, 6.07) is 4.29. The summed E-state index contributed by atoms with van der Waals surface area (Å²) >= 11 is 0. The Balaban J connectivity index is 2.10. The molecule has 3 rings (SSSR count). The van der Waals surface area contributed by atoms with Gasteiger partial charge in [-0.25, -0.2) is 0 Å². The van der Waals surface area contributed by atoms with Crippen LogP contribution in [0.15, 0.2) is 12.1 Å². The van der Waals surface area contributed by atoms with Crippen molar-refractivity contribution in [2.75, 3.05) is 6.61 Å². The molecular weight excluding hydrogens is 176 g/mol. The van der Waals surface area contributed by atoms with E-state index in [0.717, 1.165) is 25.2 Å². The molecule has 0 radical (unpaired) electrons. The van der Waals surface area contributed by atoms with Crippen LogP contribution in [-0.4, -0.2) is 12.4 Å². The standard InChI is InChI=1S/C12H12O2/c13-11-2-1-8-5-9-3-4-14-12(9)7-10(8)6-11/h5,7H,1-4,6H2. The van der Waals surface area contributed by atoms with Crippen LogP contribution in [0.2, 0.25) is 0 Å². The van der Waals surface area contributed by atoms with Crippen molar-refractivity contribution in [3.05, 3.63) is 28.8 Å². The van der Waals surface area contributed by atoms with Crippen molar-refractivity contribution in [3.8, 4) is 5.75 Å². The van der Waals surface area contributed by atoms with E-state index in [0.29, 0.717) is 18.6 Å². The van der Waals surface area contributed by atoms with Gasteiger partial charge in [-0.2, -0.15) is 0 Å². The monoisotopic (exact) mass is 188 g/mol. The van der Waals surface area contributed by atoms with Gasteiger partial charge in [-0.15, -0.1) is 0 Å². The number of fused-ring (bicyclic) bond motifs is 2. The highest BCUT2D eigenvalue weighted by Crippen LogP contribution is 2.31. The van der Waals surface area contributed by atoms with Crippen molar-refractivity contribution in [1.29, 1.82) is 0 Å². The molecule has 0 N–H and O–H groups in total. The summed E-state index contributed by atoms with van der Waals surface area (Å²) in [4.78, 5) is 11.3. The number of Topliss-reactive ketones (excluding diaryl/α,β-unsaturated/α-hetero) is 1. The quantitative estimate of drug-likeness (QED) is 0.619. The number of hydrogen-bond acceptors (Lipinski definition) is 2. The highest BCUT2D eigenvalue weighted by Gasteiger charge is 2.20. The van der Waals surface area contributed by atoms with Gasteiger partial charge < -0.3 is 4.74 Å². The van der Waals surface area contributed by atoms with Gasteiger partial charge in [-0.05, 0) is 29.2 Å². The molecule has 1 aromatic carbocycles. The van der Waals surface area contributed by atoms with E-state index in [2.05, 4.69) is 12.1 Å². The van der Waals surface area contributed by atoms with Crippen LogP contribution in [0.1, 0.15) is 23.1 Å². The first-order valence-electron chi connectivity index (χ1n) is 5.12. The molecule has 0 spiro atoms. The zero-order chi connectivity index (χ0) is 9.54. The molecule has 1 aliphatic carbocycles. The third-order valence-electron chi connectivity index (χ3n) is 3.07. The molecule has 1 aromatic rings. The highest BCUT2D eigenvalue weighted by molar-refractivity contribution is 5.83. The van der Waals surface area contributed by atoms with Crippen LogP contribution in [0.4, 0.5) is 0 Å². The average Bonchev–Trinajstić information content (AvgIpc) is 2.61. The van der Waals surface area contributed by atoms with Crippen molar-refractivity contribution in [2.45, 2.75) is 25.7 Å². The van der Waals surface area contributed by atoms with Gasteiger partial charge in [-0.1, -0.05) is 6.07 Å². The van der Waals surface area contributed by atoms with E-state index in [1.807, 2.05) is 0 Å². The Morgan fingerprint density at radius 1 is 1.00 bits per heavy atom. The second-order valence-electron chi connectivity index (χ2n) is 4.04. The second kappa shape index (κ2) is 2.84. The molecule has 0 bridgehead atoms. The minimum Gasteiger partial charge on any atom is -0.493 e. The third kappa shape index (κ3) is 1.14. The molecule has 2 heteroatoms.